The zero-order valence-electron chi connectivity index (χ0n) is 11.2. The van der Waals surface area contributed by atoms with Crippen LogP contribution >= 0.6 is 46.4 Å². The van der Waals surface area contributed by atoms with Gasteiger partial charge in [0.2, 0.25) is 0 Å². The minimum atomic E-state index is 0.577. The monoisotopic (exact) mass is 370 g/mol. The first-order valence-electron chi connectivity index (χ1n) is 6.46. The zero-order chi connectivity index (χ0) is 15.7. The van der Waals surface area contributed by atoms with E-state index in [1.54, 1.807) is 12.1 Å². The van der Waals surface area contributed by atoms with E-state index in [0.717, 1.165) is 22.6 Å². The number of rotatable bonds is 3. The van der Waals surface area contributed by atoms with Crippen LogP contribution in [0, 0.1) is 0 Å². The van der Waals surface area contributed by atoms with Crippen molar-refractivity contribution in [1.29, 1.82) is 0 Å². The second kappa shape index (κ2) is 6.51. The maximum Gasteiger partial charge on any atom is 0.111 e. The lowest BCUT2D eigenvalue weighted by Gasteiger charge is -2.02. The molecule has 3 aromatic rings. The van der Waals surface area contributed by atoms with Crippen LogP contribution in [0.5, 0.6) is 0 Å². The summed E-state index contributed by atoms with van der Waals surface area (Å²) >= 11 is 24.1. The van der Waals surface area contributed by atoms with Crippen molar-refractivity contribution in [2.45, 2.75) is 6.42 Å². The first-order chi connectivity index (χ1) is 10.5. The highest BCUT2D eigenvalue weighted by molar-refractivity contribution is 6.35. The fourth-order valence-electron chi connectivity index (χ4n) is 2.15. The van der Waals surface area contributed by atoms with Crippen LogP contribution in [0.4, 0.5) is 0 Å². The molecule has 0 bridgehead atoms. The molecule has 1 aromatic heterocycles. The van der Waals surface area contributed by atoms with Crippen molar-refractivity contribution in [2.75, 3.05) is 0 Å². The normalized spacial score (nSPS) is 10.9. The molecule has 0 radical (unpaired) electrons. The van der Waals surface area contributed by atoms with E-state index in [4.69, 9.17) is 46.4 Å². The summed E-state index contributed by atoms with van der Waals surface area (Å²) in [6, 6.07) is 10.8. The summed E-state index contributed by atoms with van der Waals surface area (Å²) in [5, 5.41) is 2.39. The van der Waals surface area contributed by atoms with Crippen LogP contribution in [-0.2, 0) is 6.42 Å². The maximum atomic E-state index is 6.18. The summed E-state index contributed by atoms with van der Waals surface area (Å²) in [6.07, 6.45) is 2.41. The Balaban J connectivity index is 1.87. The van der Waals surface area contributed by atoms with Gasteiger partial charge in [-0.25, -0.2) is 4.98 Å². The predicted molar refractivity (Wildman–Crippen MR) is 93.3 cm³/mol. The number of hydrogen-bond donors (Lipinski definition) is 1. The Morgan fingerprint density at radius 1 is 0.864 bits per heavy atom. The molecule has 0 amide bonds. The van der Waals surface area contributed by atoms with Crippen LogP contribution in [0.25, 0.3) is 11.3 Å². The van der Waals surface area contributed by atoms with Crippen molar-refractivity contribution < 1.29 is 0 Å². The lowest BCUT2D eigenvalue weighted by atomic mass is 10.1. The van der Waals surface area contributed by atoms with E-state index < -0.39 is 0 Å². The summed E-state index contributed by atoms with van der Waals surface area (Å²) < 4.78 is 0. The fraction of sp³-hybridized carbons (Fsp3) is 0.0625. The number of H-pyrrole nitrogens is 1. The molecular formula is C16H10Cl4N2. The second-order valence-corrected chi connectivity index (χ2v) is 6.52. The molecule has 0 unspecified atom stereocenters. The molecule has 0 aliphatic carbocycles. The van der Waals surface area contributed by atoms with Crippen LogP contribution in [0.3, 0.4) is 0 Å². The molecule has 1 N–H and O–H groups in total. The Hall–Kier alpha value is -1.19. The van der Waals surface area contributed by atoms with Gasteiger partial charge < -0.3 is 4.98 Å². The van der Waals surface area contributed by atoms with E-state index in [9.17, 15) is 0 Å². The highest BCUT2D eigenvalue weighted by atomic mass is 35.5. The Labute approximate surface area is 148 Å². The molecule has 0 atom stereocenters. The number of hydrogen-bond acceptors (Lipinski definition) is 1. The Kier molecular flexibility index (Phi) is 4.65. The first-order valence-corrected chi connectivity index (χ1v) is 7.97. The average Bonchev–Trinajstić information content (AvgIpc) is 2.89. The van der Waals surface area contributed by atoms with Gasteiger partial charge >= 0.3 is 0 Å². The van der Waals surface area contributed by atoms with Crippen molar-refractivity contribution in [2.24, 2.45) is 0 Å². The Bertz CT molecular complexity index is 807. The lowest BCUT2D eigenvalue weighted by Crippen LogP contribution is -1.92. The SMILES string of the molecule is Clc1cc(Cl)cc(-c2c[nH]c(Cc3ccc(Cl)cc3Cl)n2)c1. The van der Waals surface area contributed by atoms with Gasteiger partial charge in [0, 0.05) is 38.3 Å². The fourth-order valence-corrected chi connectivity index (χ4v) is 3.15. The molecule has 112 valence electrons. The van der Waals surface area contributed by atoms with Gasteiger partial charge in [0.05, 0.1) is 5.69 Å². The summed E-state index contributed by atoms with van der Waals surface area (Å²) in [6.45, 7) is 0. The molecule has 0 saturated heterocycles. The van der Waals surface area contributed by atoms with Gasteiger partial charge in [0.15, 0.2) is 0 Å². The molecule has 0 aliphatic heterocycles. The van der Waals surface area contributed by atoms with Gasteiger partial charge in [0.25, 0.3) is 0 Å². The van der Waals surface area contributed by atoms with E-state index in [1.807, 2.05) is 30.5 Å². The van der Waals surface area contributed by atoms with E-state index in [2.05, 4.69) is 9.97 Å². The van der Waals surface area contributed by atoms with Gasteiger partial charge in [0.1, 0.15) is 5.82 Å². The number of imidazole rings is 1. The van der Waals surface area contributed by atoms with Gasteiger partial charge in [-0.2, -0.15) is 0 Å². The molecule has 0 fully saturated rings. The number of nitrogens with one attached hydrogen (secondary N) is 1. The second-order valence-electron chi connectivity index (χ2n) is 4.80. The van der Waals surface area contributed by atoms with Gasteiger partial charge in [-0.05, 0) is 35.9 Å². The molecule has 2 nitrogen and oxygen atoms in total. The van der Waals surface area contributed by atoms with Crippen molar-refractivity contribution in [3.8, 4) is 11.3 Å². The lowest BCUT2D eigenvalue weighted by molar-refractivity contribution is 1.03. The van der Waals surface area contributed by atoms with E-state index >= 15 is 0 Å². The van der Waals surface area contributed by atoms with Crippen molar-refractivity contribution >= 4 is 46.4 Å². The maximum absolute atomic E-state index is 6.18. The van der Waals surface area contributed by atoms with E-state index in [1.165, 1.54) is 0 Å². The molecule has 2 aromatic carbocycles. The summed E-state index contributed by atoms with van der Waals surface area (Å²) in [7, 11) is 0. The number of aromatic nitrogens is 2. The molecule has 6 heteroatoms. The van der Waals surface area contributed by atoms with Crippen LogP contribution < -0.4 is 0 Å². The smallest absolute Gasteiger partial charge is 0.111 e. The van der Waals surface area contributed by atoms with Gasteiger partial charge in [-0.1, -0.05) is 52.5 Å². The molecule has 0 spiro atoms. The Morgan fingerprint density at radius 2 is 1.59 bits per heavy atom. The standard InChI is InChI=1S/C16H10Cl4N2/c17-11-2-1-9(14(20)7-11)5-16-21-8-15(22-16)10-3-12(18)6-13(19)4-10/h1-4,6-8H,5H2,(H,21,22). The first kappa shape index (κ1) is 15.7. The molecule has 3 rings (SSSR count). The molecule has 0 aliphatic rings. The van der Waals surface area contributed by atoms with E-state index in [-0.39, 0.29) is 0 Å². The van der Waals surface area contributed by atoms with Crippen molar-refractivity contribution in [3.05, 3.63) is 74.1 Å². The van der Waals surface area contributed by atoms with Crippen molar-refractivity contribution in [1.82, 2.24) is 9.97 Å². The number of nitrogens with zero attached hydrogens (tertiary/aromatic N) is 1. The molecular weight excluding hydrogens is 362 g/mol. The summed E-state index contributed by atoms with van der Waals surface area (Å²) in [4.78, 5) is 7.70. The predicted octanol–water partition coefficient (Wildman–Crippen LogP) is 6.28. The summed E-state index contributed by atoms with van der Waals surface area (Å²) in [5.74, 6) is 0.801. The van der Waals surface area contributed by atoms with Crippen LogP contribution in [-0.4, -0.2) is 9.97 Å². The zero-order valence-corrected chi connectivity index (χ0v) is 14.2. The molecule has 22 heavy (non-hydrogen) atoms. The number of aromatic amines is 1. The van der Waals surface area contributed by atoms with Gasteiger partial charge in [-0.3, -0.25) is 0 Å². The number of benzene rings is 2. The third-order valence-corrected chi connectivity index (χ3v) is 4.19. The minimum Gasteiger partial charge on any atom is -0.348 e. The third kappa shape index (κ3) is 3.58. The average molecular weight is 372 g/mol. The Morgan fingerprint density at radius 3 is 2.27 bits per heavy atom. The van der Waals surface area contributed by atoms with E-state index in [0.29, 0.717) is 26.5 Å². The largest absolute Gasteiger partial charge is 0.348 e. The number of halogens is 4. The van der Waals surface area contributed by atoms with Crippen LogP contribution in [0.1, 0.15) is 11.4 Å². The topological polar surface area (TPSA) is 28.7 Å². The minimum absolute atomic E-state index is 0.577. The molecule has 1 heterocycles. The highest BCUT2D eigenvalue weighted by Gasteiger charge is 2.09. The van der Waals surface area contributed by atoms with Crippen molar-refractivity contribution in [3.63, 3.8) is 0 Å². The summed E-state index contributed by atoms with van der Waals surface area (Å²) in [5.41, 5.74) is 2.60. The van der Waals surface area contributed by atoms with Crippen LogP contribution in [0.15, 0.2) is 42.6 Å². The molecule has 0 saturated carbocycles. The van der Waals surface area contributed by atoms with Gasteiger partial charge in [-0.15, -0.1) is 0 Å². The quantitative estimate of drug-likeness (QED) is 0.576. The highest BCUT2D eigenvalue weighted by Crippen LogP contribution is 2.27. The third-order valence-electron chi connectivity index (χ3n) is 3.16. The van der Waals surface area contributed by atoms with Crippen LogP contribution in [0.2, 0.25) is 20.1 Å².